The minimum atomic E-state index is 0.0489. The maximum atomic E-state index is 12.7. The Morgan fingerprint density at radius 1 is 1.29 bits per heavy atom. The number of rotatable bonds is 2. The molecule has 2 fully saturated rings. The quantitative estimate of drug-likeness (QED) is 0.811. The van der Waals surface area contributed by atoms with Crippen LogP contribution in [0.25, 0.3) is 0 Å². The number of anilines is 1. The van der Waals surface area contributed by atoms with Crippen LogP contribution in [-0.4, -0.2) is 59.7 Å². The number of ether oxygens (including phenoxy) is 1. The first-order chi connectivity index (χ1) is 10.2. The van der Waals surface area contributed by atoms with E-state index in [9.17, 15) is 4.79 Å². The van der Waals surface area contributed by atoms with Crippen molar-refractivity contribution in [2.24, 2.45) is 5.92 Å². The average molecular weight is 290 g/mol. The van der Waals surface area contributed by atoms with Crippen LogP contribution in [0, 0.1) is 5.92 Å². The molecule has 3 rings (SSSR count). The number of aromatic nitrogens is 2. The second kappa shape index (κ2) is 6.39. The van der Waals surface area contributed by atoms with Crippen LogP contribution < -0.4 is 4.90 Å². The highest BCUT2D eigenvalue weighted by Crippen LogP contribution is 2.22. The highest BCUT2D eigenvalue weighted by atomic mass is 16.5. The summed E-state index contributed by atoms with van der Waals surface area (Å²) in [6, 6.07) is 1.81. The van der Waals surface area contributed by atoms with E-state index in [4.69, 9.17) is 4.74 Å². The molecule has 2 aliphatic heterocycles. The monoisotopic (exact) mass is 290 g/mol. The van der Waals surface area contributed by atoms with Gasteiger partial charge in [-0.2, -0.15) is 0 Å². The van der Waals surface area contributed by atoms with Gasteiger partial charge in [-0.25, -0.2) is 9.97 Å². The van der Waals surface area contributed by atoms with Crippen LogP contribution in [0.3, 0.4) is 0 Å². The van der Waals surface area contributed by atoms with Gasteiger partial charge in [-0.1, -0.05) is 0 Å². The topological polar surface area (TPSA) is 58.6 Å². The largest absolute Gasteiger partial charge is 0.375 e. The minimum Gasteiger partial charge on any atom is -0.375 e. The lowest BCUT2D eigenvalue weighted by Crippen LogP contribution is -2.50. The molecule has 21 heavy (non-hydrogen) atoms. The Labute approximate surface area is 125 Å². The number of piperidine rings is 1. The Bertz CT molecular complexity index is 482. The summed E-state index contributed by atoms with van der Waals surface area (Å²) in [4.78, 5) is 25.3. The van der Waals surface area contributed by atoms with Crippen LogP contribution in [0.1, 0.15) is 19.8 Å². The molecular formula is C15H22N4O2. The summed E-state index contributed by atoms with van der Waals surface area (Å²) in [6.45, 7) is 5.72. The van der Waals surface area contributed by atoms with E-state index in [1.165, 1.54) is 0 Å². The van der Waals surface area contributed by atoms with Gasteiger partial charge >= 0.3 is 0 Å². The van der Waals surface area contributed by atoms with Gasteiger partial charge in [-0.15, -0.1) is 0 Å². The Kier molecular flexibility index (Phi) is 4.34. The summed E-state index contributed by atoms with van der Waals surface area (Å²) in [5, 5.41) is 0. The van der Waals surface area contributed by atoms with Gasteiger partial charge in [-0.05, 0) is 25.8 Å². The average Bonchev–Trinajstić information content (AvgIpc) is 2.55. The number of nitrogens with zero attached hydrogens (tertiary/aromatic N) is 4. The standard InChI is InChI=1S/C15H22N4O2/c1-12-10-18(8-9-21-12)14(20)13-4-2-7-19(11-13)15-16-5-3-6-17-15/h3,5-6,12-13H,2,4,7-11H2,1H3. The summed E-state index contributed by atoms with van der Waals surface area (Å²) in [7, 11) is 0. The molecule has 0 saturated carbocycles. The fourth-order valence-corrected chi connectivity index (χ4v) is 3.09. The van der Waals surface area contributed by atoms with Crippen LogP contribution in [-0.2, 0) is 9.53 Å². The van der Waals surface area contributed by atoms with Crippen molar-refractivity contribution < 1.29 is 9.53 Å². The number of carbonyl (C=O) groups excluding carboxylic acids is 1. The van der Waals surface area contributed by atoms with Crippen molar-refractivity contribution in [1.82, 2.24) is 14.9 Å². The molecule has 6 heteroatoms. The molecular weight excluding hydrogens is 268 g/mol. The Morgan fingerprint density at radius 2 is 2.10 bits per heavy atom. The molecule has 0 N–H and O–H groups in total. The van der Waals surface area contributed by atoms with Crippen LogP contribution in [0.15, 0.2) is 18.5 Å². The number of amides is 1. The third-order valence-corrected chi connectivity index (χ3v) is 4.16. The highest BCUT2D eigenvalue weighted by Gasteiger charge is 2.32. The molecule has 1 aromatic rings. The molecule has 0 bridgehead atoms. The number of carbonyl (C=O) groups is 1. The summed E-state index contributed by atoms with van der Waals surface area (Å²) in [5.41, 5.74) is 0. The van der Waals surface area contributed by atoms with E-state index in [1.807, 2.05) is 17.9 Å². The molecule has 0 radical (unpaired) electrons. The molecule has 0 aliphatic carbocycles. The van der Waals surface area contributed by atoms with Crippen LogP contribution in [0.2, 0.25) is 0 Å². The van der Waals surface area contributed by atoms with Crippen LogP contribution in [0.4, 0.5) is 5.95 Å². The second-order valence-electron chi connectivity index (χ2n) is 5.80. The maximum absolute atomic E-state index is 12.7. The molecule has 2 atom stereocenters. The van der Waals surface area contributed by atoms with Gasteiger partial charge in [0, 0.05) is 38.6 Å². The fraction of sp³-hybridized carbons (Fsp3) is 0.667. The molecule has 1 aromatic heterocycles. The van der Waals surface area contributed by atoms with Crippen molar-refractivity contribution >= 4 is 11.9 Å². The highest BCUT2D eigenvalue weighted by molar-refractivity contribution is 5.79. The van der Waals surface area contributed by atoms with E-state index >= 15 is 0 Å². The van der Waals surface area contributed by atoms with Gasteiger partial charge in [0.1, 0.15) is 0 Å². The maximum Gasteiger partial charge on any atom is 0.227 e. The van der Waals surface area contributed by atoms with E-state index < -0.39 is 0 Å². The Balaban J connectivity index is 1.64. The van der Waals surface area contributed by atoms with Crippen LogP contribution >= 0.6 is 0 Å². The first-order valence-corrected chi connectivity index (χ1v) is 7.66. The van der Waals surface area contributed by atoms with Gasteiger partial charge in [0.25, 0.3) is 0 Å². The van der Waals surface area contributed by atoms with Crippen molar-refractivity contribution in [1.29, 1.82) is 0 Å². The van der Waals surface area contributed by atoms with Gasteiger partial charge < -0.3 is 14.5 Å². The van der Waals surface area contributed by atoms with E-state index in [2.05, 4.69) is 14.9 Å². The summed E-state index contributed by atoms with van der Waals surface area (Å²) < 4.78 is 5.51. The third kappa shape index (κ3) is 3.32. The lowest BCUT2D eigenvalue weighted by Gasteiger charge is -2.37. The Morgan fingerprint density at radius 3 is 2.86 bits per heavy atom. The molecule has 2 aliphatic rings. The van der Waals surface area contributed by atoms with Gasteiger partial charge in [0.2, 0.25) is 11.9 Å². The predicted molar refractivity (Wildman–Crippen MR) is 79.0 cm³/mol. The first kappa shape index (κ1) is 14.3. The molecule has 2 unspecified atom stereocenters. The molecule has 3 heterocycles. The number of morpholine rings is 1. The van der Waals surface area contributed by atoms with Crippen molar-refractivity contribution in [3.63, 3.8) is 0 Å². The molecule has 2 saturated heterocycles. The lowest BCUT2D eigenvalue weighted by molar-refractivity contribution is -0.142. The van der Waals surface area contributed by atoms with Crippen molar-refractivity contribution in [2.45, 2.75) is 25.9 Å². The minimum absolute atomic E-state index is 0.0489. The molecule has 6 nitrogen and oxygen atoms in total. The van der Waals surface area contributed by atoms with Crippen molar-refractivity contribution in [3.05, 3.63) is 18.5 Å². The van der Waals surface area contributed by atoms with Gasteiger partial charge in [-0.3, -0.25) is 4.79 Å². The normalized spacial score (nSPS) is 26.7. The molecule has 1 amide bonds. The van der Waals surface area contributed by atoms with E-state index in [1.54, 1.807) is 12.4 Å². The van der Waals surface area contributed by atoms with E-state index in [0.29, 0.717) is 26.2 Å². The fourth-order valence-electron chi connectivity index (χ4n) is 3.09. The summed E-state index contributed by atoms with van der Waals surface area (Å²) in [6.07, 6.45) is 5.59. The zero-order valence-corrected chi connectivity index (χ0v) is 12.4. The lowest BCUT2D eigenvalue weighted by atomic mass is 9.96. The molecule has 0 aromatic carbocycles. The van der Waals surface area contributed by atoms with Crippen LogP contribution in [0.5, 0.6) is 0 Å². The number of hydrogen-bond acceptors (Lipinski definition) is 5. The van der Waals surface area contributed by atoms with Crippen molar-refractivity contribution in [2.75, 3.05) is 37.7 Å². The van der Waals surface area contributed by atoms with E-state index in [-0.39, 0.29) is 17.9 Å². The summed E-state index contributed by atoms with van der Waals surface area (Å²) >= 11 is 0. The summed E-state index contributed by atoms with van der Waals surface area (Å²) in [5.74, 6) is 1.03. The predicted octanol–water partition coefficient (Wildman–Crippen LogP) is 0.940. The number of hydrogen-bond donors (Lipinski definition) is 0. The molecule has 0 spiro atoms. The second-order valence-corrected chi connectivity index (χ2v) is 5.80. The van der Waals surface area contributed by atoms with Crippen molar-refractivity contribution in [3.8, 4) is 0 Å². The zero-order chi connectivity index (χ0) is 14.7. The third-order valence-electron chi connectivity index (χ3n) is 4.16. The Hall–Kier alpha value is -1.69. The van der Waals surface area contributed by atoms with Gasteiger partial charge in [0.15, 0.2) is 0 Å². The SMILES string of the molecule is CC1CN(C(=O)C2CCCN(c3ncccn3)C2)CCO1. The van der Waals surface area contributed by atoms with E-state index in [0.717, 1.165) is 25.3 Å². The smallest absolute Gasteiger partial charge is 0.227 e. The molecule has 114 valence electrons. The first-order valence-electron chi connectivity index (χ1n) is 7.66. The van der Waals surface area contributed by atoms with Gasteiger partial charge in [0.05, 0.1) is 18.6 Å². The zero-order valence-electron chi connectivity index (χ0n) is 12.4.